The third-order valence-electron chi connectivity index (χ3n) is 4.07. The fourth-order valence-electron chi connectivity index (χ4n) is 2.71. The summed E-state index contributed by atoms with van der Waals surface area (Å²) in [4.78, 5) is 13.6. The lowest BCUT2D eigenvalue weighted by Crippen LogP contribution is -2.14. The molecule has 0 saturated carbocycles. The number of aromatic nitrogens is 3. The van der Waals surface area contributed by atoms with E-state index in [4.69, 9.17) is 4.74 Å². The van der Waals surface area contributed by atoms with Crippen molar-refractivity contribution < 1.29 is 9.53 Å². The monoisotopic (exact) mass is 416 g/mol. The maximum Gasteiger partial charge on any atom is 0.234 e. The number of nitrogens with one attached hydrogen (secondary N) is 1. The zero-order chi connectivity index (χ0) is 19.9. The van der Waals surface area contributed by atoms with Crippen LogP contribution in [0, 0.1) is 0 Å². The molecule has 1 aromatic carbocycles. The minimum Gasteiger partial charge on any atom is -0.494 e. The van der Waals surface area contributed by atoms with Crippen LogP contribution in [0.2, 0.25) is 0 Å². The minimum absolute atomic E-state index is 0.0786. The second-order valence-electron chi connectivity index (χ2n) is 6.00. The van der Waals surface area contributed by atoms with Crippen molar-refractivity contribution in [3.05, 3.63) is 40.6 Å². The fraction of sp³-hybridized carbons (Fsp3) is 0.350. The number of nitrogens with zero attached hydrogens (tertiary/aromatic N) is 3. The molecule has 2 heterocycles. The number of aryl methyl sites for hydroxylation is 1. The standard InChI is InChI=1S/C20H24N4O2S2/c1-4-17-11-14(12-27-17)19-22-23-20(24(19)5-2)28-13-18(25)21-15-7-9-16(10-8-15)26-6-3/h7-12H,4-6,13H2,1-3H3,(H,21,25). The Morgan fingerprint density at radius 3 is 2.64 bits per heavy atom. The summed E-state index contributed by atoms with van der Waals surface area (Å²) in [7, 11) is 0. The van der Waals surface area contributed by atoms with E-state index in [0.717, 1.165) is 40.9 Å². The van der Waals surface area contributed by atoms with E-state index in [1.807, 2.05) is 31.2 Å². The number of thiophene rings is 1. The number of amides is 1. The van der Waals surface area contributed by atoms with Crippen molar-refractivity contribution in [1.82, 2.24) is 14.8 Å². The number of thioether (sulfide) groups is 1. The molecule has 0 aliphatic heterocycles. The van der Waals surface area contributed by atoms with Crippen LogP contribution in [0.5, 0.6) is 5.75 Å². The third-order valence-corrected chi connectivity index (χ3v) is 6.12. The van der Waals surface area contributed by atoms with Crippen molar-refractivity contribution in [1.29, 1.82) is 0 Å². The zero-order valence-electron chi connectivity index (χ0n) is 16.3. The highest BCUT2D eigenvalue weighted by Crippen LogP contribution is 2.28. The van der Waals surface area contributed by atoms with Gasteiger partial charge in [0.2, 0.25) is 5.91 Å². The van der Waals surface area contributed by atoms with Crippen molar-refractivity contribution >= 4 is 34.7 Å². The first kappa shape index (κ1) is 20.4. The zero-order valence-corrected chi connectivity index (χ0v) is 17.9. The molecule has 28 heavy (non-hydrogen) atoms. The van der Waals surface area contributed by atoms with Crippen LogP contribution in [0.4, 0.5) is 5.69 Å². The lowest BCUT2D eigenvalue weighted by molar-refractivity contribution is -0.113. The van der Waals surface area contributed by atoms with Crippen LogP contribution in [0.1, 0.15) is 25.6 Å². The average molecular weight is 417 g/mol. The van der Waals surface area contributed by atoms with Gasteiger partial charge in [0.1, 0.15) is 5.75 Å². The van der Waals surface area contributed by atoms with Crippen LogP contribution < -0.4 is 10.1 Å². The molecule has 0 unspecified atom stereocenters. The van der Waals surface area contributed by atoms with Crippen LogP contribution >= 0.6 is 23.1 Å². The van der Waals surface area contributed by atoms with E-state index in [-0.39, 0.29) is 11.7 Å². The van der Waals surface area contributed by atoms with Crippen LogP contribution in [0.15, 0.2) is 40.9 Å². The number of anilines is 1. The van der Waals surface area contributed by atoms with Gasteiger partial charge < -0.3 is 14.6 Å². The quantitative estimate of drug-likeness (QED) is 0.511. The second-order valence-corrected chi connectivity index (χ2v) is 7.94. The Bertz CT molecular complexity index is 919. The van der Waals surface area contributed by atoms with Gasteiger partial charge in [-0.05, 0) is 50.6 Å². The Kier molecular flexibility index (Phi) is 7.11. The highest BCUT2D eigenvalue weighted by molar-refractivity contribution is 7.99. The molecule has 0 aliphatic rings. The number of hydrogen-bond donors (Lipinski definition) is 1. The lowest BCUT2D eigenvalue weighted by Gasteiger charge is -2.08. The molecule has 0 saturated heterocycles. The van der Waals surface area contributed by atoms with Gasteiger partial charge in [-0.25, -0.2) is 0 Å². The Morgan fingerprint density at radius 2 is 2.00 bits per heavy atom. The predicted octanol–water partition coefficient (Wildman–Crippen LogP) is 4.72. The summed E-state index contributed by atoms with van der Waals surface area (Å²) >= 11 is 3.13. The van der Waals surface area contributed by atoms with Gasteiger partial charge in [-0.3, -0.25) is 4.79 Å². The molecule has 1 amide bonds. The fourth-order valence-corrected chi connectivity index (χ4v) is 4.32. The van der Waals surface area contributed by atoms with E-state index in [1.165, 1.54) is 16.6 Å². The molecule has 148 valence electrons. The Hall–Kier alpha value is -2.32. The summed E-state index contributed by atoms with van der Waals surface area (Å²) in [5, 5.41) is 14.4. The summed E-state index contributed by atoms with van der Waals surface area (Å²) in [6.07, 6.45) is 1.01. The highest BCUT2D eigenvalue weighted by atomic mass is 32.2. The molecule has 0 bridgehead atoms. The van der Waals surface area contributed by atoms with Gasteiger partial charge in [0.05, 0.1) is 12.4 Å². The summed E-state index contributed by atoms with van der Waals surface area (Å²) < 4.78 is 7.46. The van der Waals surface area contributed by atoms with E-state index >= 15 is 0 Å². The number of rotatable bonds is 9. The van der Waals surface area contributed by atoms with Crippen molar-refractivity contribution in [2.24, 2.45) is 0 Å². The molecule has 0 radical (unpaired) electrons. The first-order chi connectivity index (χ1) is 13.6. The molecule has 0 atom stereocenters. The molecule has 3 rings (SSSR count). The minimum atomic E-state index is -0.0786. The van der Waals surface area contributed by atoms with Gasteiger partial charge in [-0.15, -0.1) is 21.5 Å². The van der Waals surface area contributed by atoms with E-state index < -0.39 is 0 Å². The van der Waals surface area contributed by atoms with Gasteiger partial charge in [0.15, 0.2) is 11.0 Å². The first-order valence-corrected chi connectivity index (χ1v) is 11.2. The maximum atomic E-state index is 12.3. The van der Waals surface area contributed by atoms with E-state index in [2.05, 4.69) is 45.4 Å². The molecule has 0 aliphatic carbocycles. The van der Waals surface area contributed by atoms with Gasteiger partial charge in [0, 0.05) is 28.1 Å². The molecule has 8 heteroatoms. The van der Waals surface area contributed by atoms with Crippen LogP contribution in [-0.4, -0.2) is 33.0 Å². The van der Waals surface area contributed by atoms with Crippen molar-refractivity contribution in [3.63, 3.8) is 0 Å². The van der Waals surface area contributed by atoms with Gasteiger partial charge >= 0.3 is 0 Å². The average Bonchev–Trinajstić information content (AvgIpc) is 3.34. The van der Waals surface area contributed by atoms with Crippen molar-refractivity contribution in [2.45, 2.75) is 38.9 Å². The molecule has 2 aromatic heterocycles. The van der Waals surface area contributed by atoms with Gasteiger partial charge in [-0.2, -0.15) is 0 Å². The predicted molar refractivity (Wildman–Crippen MR) is 115 cm³/mol. The molecular weight excluding hydrogens is 392 g/mol. The normalized spacial score (nSPS) is 10.8. The number of benzene rings is 1. The molecule has 3 aromatic rings. The summed E-state index contributed by atoms with van der Waals surface area (Å²) in [5.41, 5.74) is 1.83. The van der Waals surface area contributed by atoms with E-state index in [9.17, 15) is 4.79 Å². The van der Waals surface area contributed by atoms with Crippen LogP contribution in [-0.2, 0) is 17.8 Å². The number of ether oxygens (including phenoxy) is 1. The van der Waals surface area contributed by atoms with Gasteiger partial charge in [-0.1, -0.05) is 18.7 Å². The Morgan fingerprint density at radius 1 is 1.21 bits per heavy atom. The van der Waals surface area contributed by atoms with Gasteiger partial charge in [0.25, 0.3) is 0 Å². The maximum absolute atomic E-state index is 12.3. The summed E-state index contributed by atoms with van der Waals surface area (Å²) in [5.74, 6) is 1.84. The molecule has 6 nitrogen and oxygen atoms in total. The van der Waals surface area contributed by atoms with Crippen LogP contribution in [0.3, 0.4) is 0 Å². The largest absolute Gasteiger partial charge is 0.494 e. The van der Waals surface area contributed by atoms with Crippen molar-refractivity contribution in [3.8, 4) is 17.1 Å². The SMILES string of the molecule is CCOc1ccc(NC(=O)CSc2nnc(-c3csc(CC)c3)n2CC)cc1. The van der Waals surface area contributed by atoms with Crippen LogP contribution in [0.25, 0.3) is 11.4 Å². The molecule has 0 spiro atoms. The third kappa shape index (κ3) is 4.94. The summed E-state index contributed by atoms with van der Waals surface area (Å²) in [6, 6.07) is 9.52. The smallest absolute Gasteiger partial charge is 0.234 e. The lowest BCUT2D eigenvalue weighted by atomic mass is 10.2. The van der Waals surface area contributed by atoms with E-state index in [0.29, 0.717) is 6.61 Å². The first-order valence-electron chi connectivity index (χ1n) is 9.31. The Balaban J connectivity index is 1.61. The topological polar surface area (TPSA) is 69.0 Å². The number of carbonyl (C=O) groups is 1. The Labute approximate surface area is 173 Å². The molecule has 0 fully saturated rings. The van der Waals surface area contributed by atoms with E-state index in [1.54, 1.807) is 11.3 Å². The number of hydrogen-bond acceptors (Lipinski definition) is 6. The molecular formula is C20H24N4O2S2. The molecule has 1 N–H and O–H groups in total. The second kappa shape index (κ2) is 9.75. The highest BCUT2D eigenvalue weighted by Gasteiger charge is 2.15. The summed E-state index contributed by atoms with van der Waals surface area (Å²) in [6.45, 7) is 7.51. The van der Waals surface area contributed by atoms with Crippen molar-refractivity contribution in [2.75, 3.05) is 17.7 Å². The number of carbonyl (C=O) groups excluding carboxylic acids is 1.